The molecule has 0 bridgehead atoms. The first-order valence-electron chi connectivity index (χ1n) is 6.51. The molecule has 1 aliphatic rings. The van der Waals surface area contributed by atoms with Crippen LogP contribution in [0, 0.1) is 5.92 Å². The van der Waals surface area contributed by atoms with Crippen LogP contribution in [-0.4, -0.2) is 48.4 Å². The molecule has 118 valence electrons. The summed E-state index contributed by atoms with van der Waals surface area (Å²) in [6.45, 7) is -0.416. The largest absolute Gasteiger partial charge is 0.695 e. The molecule has 2 aromatic rings. The van der Waals surface area contributed by atoms with Gasteiger partial charge in [0.05, 0.1) is 18.7 Å². The molecule has 0 radical (unpaired) electrons. The second-order valence-electron chi connectivity index (χ2n) is 5.05. The molecule has 0 saturated heterocycles. The first-order chi connectivity index (χ1) is 10.5. The molecule has 9 nitrogen and oxygen atoms in total. The number of hydrogen-bond donors (Lipinski definition) is 3. The number of fused-ring (bicyclic) bond motifs is 1. The Labute approximate surface area is 123 Å². The maximum absolute atomic E-state index is 14.3. The second kappa shape index (κ2) is 5.81. The SMILES string of the molecule is O=c1[nH]cnc2c1ncn2[C@@H]1C[C@H](CO)[C@@H](F)[C@H]1O[P+](=O)O. The molecule has 2 heterocycles. The van der Waals surface area contributed by atoms with E-state index >= 15 is 0 Å². The third-order valence-electron chi connectivity index (χ3n) is 3.86. The summed E-state index contributed by atoms with van der Waals surface area (Å²) in [5, 5.41) is 9.23. The summed E-state index contributed by atoms with van der Waals surface area (Å²) in [4.78, 5) is 30.9. The molecule has 0 aromatic carbocycles. The van der Waals surface area contributed by atoms with Gasteiger partial charge in [-0.3, -0.25) is 4.79 Å². The van der Waals surface area contributed by atoms with Gasteiger partial charge in [0.2, 0.25) is 0 Å². The maximum Gasteiger partial charge on any atom is 0.695 e. The normalized spacial score (nSPS) is 29.1. The lowest BCUT2D eigenvalue weighted by Crippen LogP contribution is -2.28. The zero-order valence-corrected chi connectivity index (χ0v) is 12.1. The fourth-order valence-corrected chi connectivity index (χ4v) is 3.31. The summed E-state index contributed by atoms with van der Waals surface area (Å²) in [5.74, 6) is -0.732. The van der Waals surface area contributed by atoms with E-state index in [1.807, 2.05) is 0 Å². The van der Waals surface area contributed by atoms with E-state index in [4.69, 9.17) is 9.42 Å². The van der Waals surface area contributed by atoms with E-state index in [-0.39, 0.29) is 17.6 Å². The highest BCUT2D eigenvalue weighted by Gasteiger charge is 2.50. The van der Waals surface area contributed by atoms with Crippen LogP contribution in [0.1, 0.15) is 12.5 Å². The Morgan fingerprint density at radius 2 is 2.32 bits per heavy atom. The predicted molar refractivity (Wildman–Crippen MR) is 72.0 cm³/mol. The lowest BCUT2D eigenvalue weighted by Gasteiger charge is -2.16. The maximum atomic E-state index is 14.3. The molecular weight excluding hydrogens is 318 g/mol. The van der Waals surface area contributed by atoms with Crippen LogP contribution >= 0.6 is 8.25 Å². The van der Waals surface area contributed by atoms with E-state index in [1.54, 1.807) is 0 Å². The van der Waals surface area contributed by atoms with E-state index in [1.165, 1.54) is 17.2 Å². The number of imidazole rings is 1. The van der Waals surface area contributed by atoms with E-state index in [9.17, 15) is 18.9 Å². The van der Waals surface area contributed by atoms with Gasteiger partial charge in [-0.2, -0.15) is 0 Å². The average Bonchev–Trinajstić information content (AvgIpc) is 3.02. The smallest absolute Gasteiger partial charge is 0.396 e. The van der Waals surface area contributed by atoms with Crippen molar-refractivity contribution in [3.8, 4) is 0 Å². The van der Waals surface area contributed by atoms with Gasteiger partial charge in [0.15, 0.2) is 17.3 Å². The molecular formula is C11H13FN4O5P+. The van der Waals surface area contributed by atoms with E-state index in [2.05, 4.69) is 15.0 Å². The van der Waals surface area contributed by atoms with Crippen LogP contribution in [0.25, 0.3) is 11.2 Å². The minimum atomic E-state index is -3.01. The molecule has 3 N–H and O–H groups in total. The molecule has 0 amide bonds. The van der Waals surface area contributed by atoms with Crippen molar-refractivity contribution in [3.63, 3.8) is 0 Å². The van der Waals surface area contributed by atoms with Crippen LogP contribution in [0.15, 0.2) is 17.4 Å². The number of halogens is 1. The summed E-state index contributed by atoms with van der Waals surface area (Å²) >= 11 is 0. The summed E-state index contributed by atoms with van der Waals surface area (Å²) in [6, 6.07) is -0.697. The standard InChI is InChI=1S/C11H12FN4O5P/c12-7-5(2-17)1-6(9(7)21-22(19)20)16-4-15-8-10(16)13-3-14-11(8)18/h3-7,9,17H,1-2H2,(H-,13,14,18,19,20)/p+1/t5-,6-,7-,9+/m1/s1. The Morgan fingerprint density at radius 1 is 1.55 bits per heavy atom. The Kier molecular flexibility index (Phi) is 4.00. The Morgan fingerprint density at radius 3 is 3.00 bits per heavy atom. The third kappa shape index (κ3) is 2.44. The molecule has 3 rings (SSSR count). The summed E-state index contributed by atoms with van der Waals surface area (Å²) in [7, 11) is -3.01. The van der Waals surface area contributed by atoms with Gasteiger partial charge >= 0.3 is 8.25 Å². The quantitative estimate of drug-likeness (QED) is 0.675. The zero-order valence-electron chi connectivity index (χ0n) is 11.2. The number of aromatic amines is 1. The van der Waals surface area contributed by atoms with E-state index in [0.717, 1.165) is 0 Å². The molecule has 1 aliphatic carbocycles. The van der Waals surface area contributed by atoms with Gasteiger partial charge in [-0.1, -0.05) is 0 Å². The van der Waals surface area contributed by atoms with Crippen LogP contribution in [0.5, 0.6) is 0 Å². The number of aliphatic hydroxyl groups is 1. The van der Waals surface area contributed by atoms with Crippen molar-refractivity contribution in [1.82, 2.24) is 19.5 Å². The van der Waals surface area contributed by atoms with Crippen LogP contribution in [-0.2, 0) is 9.09 Å². The van der Waals surface area contributed by atoms with Gasteiger partial charge in [0, 0.05) is 17.1 Å². The van der Waals surface area contributed by atoms with Gasteiger partial charge in [0.1, 0.15) is 6.17 Å². The van der Waals surface area contributed by atoms with Crippen LogP contribution in [0.4, 0.5) is 4.39 Å². The first-order valence-corrected chi connectivity index (χ1v) is 7.64. The molecule has 2 aromatic heterocycles. The first kappa shape index (κ1) is 15.2. The molecule has 1 saturated carbocycles. The number of nitrogens with zero attached hydrogens (tertiary/aromatic N) is 3. The molecule has 22 heavy (non-hydrogen) atoms. The van der Waals surface area contributed by atoms with Gasteiger partial charge in [-0.25, -0.2) is 14.4 Å². The minimum absolute atomic E-state index is 0.0810. The van der Waals surface area contributed by atoms with Crippen molar-refractivity contribution in [3.05, 3.63) is 23.0 Å². The zero-order chi connectivity index (χ0) is 15.9. The van der Waals surface area contributed by atoms with E-state index in [0.29, 0.717) is 0 Å². The van der Waals surface area contributed by atoms with Crippen molar-refractivity contribution in [2.45, 2.75) is 24.7 Å². The van der Waals surface area contributed by atoms with Crippen LogP contribution in [0.2, 0.25) is 0 Å². The average molecular weight is 331 g/mol. The fourth-order valence-electron chi connectivity index (χ4n) is 2.84. The van der Waals surface area contributed by atoms with Gasteiger partial charge < -0.3 is 14.7 Å². The van der Waals surface area contributed by atoms with Crippen molar-refractivity contribution >= 4 is 19.4 Å². The summed E-state index contributed by atoms with van der Waals surface area (Å²) in [5.41, 5.74) is -0.137. The minimum Gasteiger partial charge on any atom is -0.396 e. The van der Waals surface area contributed by atoms with Gasteiger partial charge in [-0.15, -0.1) is 9.42 Å². The number of aliphatic hydroxyl groups excluding tert-OH is 1. The van der Waals surface area contributed by atoms with Crippen molar-refractivity contribution < 1.29 is 23.5 Å². The Bertz CT molecular complexity index is 764. The predicted octanol–water partition coefficient (Wildman–Crippen LogP) is 0.0459. The molecule has 0 spiro atoms. The van der Waals surface area contributed by atoms with E-state index < -0.39 is 44.7 Å². The number of nitrogens with one attached hydrogen (secondary N) is 1. The molecule has 1 fully saturated rings. The highest BCUT2D eigenvalue weighted by Crippen LogP contribution is 2.43. The number of alkyl halides is 1. The van der Waals surface area contributed by atoms with Gasteiger partial charge in [0.25, 0.3) is 5.56 Å². The molecule has 1 unspecified atom stereocenters. The number of hydrogen-bond acceptors (Lipinski definition) is 6. The third-order valence-corrected chi connectivity index (χ3v) is 4.28. The molecule has 0 aliphatic heterocycles. The topological polar surface area (TPSA) is 130 Å². The Balaban J connectivity index is 2.05. The molecule has 11 heteroatoms. The van der Waals surface area contributed by atoms with Crippen molar-refractivity contribution in [1.29, 1.82) is 0 Å². The second-order valence-corrected chi connectivity index (χ2v) is 5.74. The van der Waals surface area contributed by atoms with Crippen molar-refractivity contribution in [2.24, 2.45) is 5.92 Å². The summed E-state index contributed by atoms with van der Waals surface area (Å²) in [6.07, 6.45) is -0.169. The highest BCUT2D eigenvalue weighted by molar-refractivity contribution is 7.32. The highest BCUT2D eigenvalue weighted by atomic mass is 31.1. The fraction of sp³-hybridized carbons (Fsp3) is 0.545. The van der Waals surface area contributed by atoms with Crippen LogP contribution in [0.3, 0.4) is 0 Å². The monoisotopic (exact) mass is 331 g/mol. The number of rotatable bonds is 4. The van der Waals surface area contributed by atoms with Gasteiger partial charge in [-0.05, 0) is 6.42 Å². The molecule has 5 atom stereocenters. The lowest BCUT2D eigenvalue weighted by molar-refractivity contribution is 0.0661. The summed E-state index contributed by atoms with van der Waals surface area (Å²) < 4.78 is 31.4. The number of aromatic nitrogens is 4. The van der Waals surface area contributed by atoms with Crippen molar-refractivity contribution in [2.75, 3.05) is 6.61 Å². The van der Waals surface area contributed by atoms with Crippen LogP contribution < -0.4 is 5.56 Å². The number of H-pyrrole nitrogens is 1. The lowest BCUT2D eigenvalue weighted by atomic mass is 10.1. The Hall–Kier alpha value is -1.74.